The van der Waals surface area contributed by atoms with Crippen molar-refractivity contribution in [1.82, 2.24) is 19.9 Å². The second kappa shape index (κ2) is 9.12. The molecule has 2 atom stereocenters. The minimum Gasteiger partial charge on any atom is -0.481 e. The first-order valence-corrected chi connectivity index (χ1v) is 11.3. The largest absolute Gasteiger partial charge is 0.481 e. The highest BCUT2D eigenvalue weighted by molar-refractivity contribution is 6.30. The topological polar surface area (TPSA) is 90.0 Å². The highest BCUT2D eigenvalue weighted by Gasteiger charge is 2.28. The van der Waals surface area contributed by atoms with E-state index in [0.717, 1.165) is 17.7 Å². The molecule has 7 nitrogen and oxygen atoms in total. The lowest BCUT2D eigenvalue weighted by molar-refractivity contribution is 0.00451. The normalized spacial score (nSPS) is 18.2. The highest BCUT2D eigenvalue weighted by atomic mass is 35.5. The van der Waals surface area contributed by atoms with Crippen LogP contribution in [-0.2, 0) is 4.74 Å². The molecule has 1 saturated heterocycles. The van der Waals surface area contributed by atoms with E-state index in [1.165, 1.54) is 6.07 Å². The molecule has 9 heteroatoms. The molecule has 4 aromatic rings. The van der Waals surface area contributed by atoms with Crippen LogP contribution in [0, 0.1) is 12.7 Å². The maximum atomic E-state index is 14.9. The van der Waals surface area contributed by atoms with Gasteiger partial charge in [-0.1, -0.05) is 11.6 Å². The van der Waals surface area contributed by atoms with E-state index in [-0.39, 0.29) is 39.2 Å². The van der Waals surface area contributed by atoms with Gasteiger partial charge in [0.25, 0.3) is 5.56 Å². The van der Waals surface area contributed by atoms with Crippen LogP contribution in [0.2, 0.25) is 5.02 Å². The Morgan fingerprint density at radius 2 is 2.06 bits per heavy atom. The molecule has 1 N–H and O–H groups in total. The van der Waals surface area contributed by atoms with E-state index in [2.05, 4.69) is 15.0 Å². The van der Waals surface area contributed by atoms with E-state index in [0.29, 0.717) is 30.2 Å². The van der Waals surface area contributed by atoms with Gasteiger partial charge in [0, 0.05) is 41.1 Å². The first-order chi connectivity index (χ1) is 16.4. The van der Waals surface area contributed by atoms with Gasteiger partial charge in [-0.05, 0) is 55.7 Å². The number of aromatic nitrogens is 4. The van der Waals surface area contributed by atoms with Gasteiger partial charge in [0.15, 0.2) is 0 Å². The number of H-pyrrole nitrogens is 1. The lowest BCUT2D eigenvalue weighted by Crippen LogP contribution is -2.20. The van der Waals surface area contributed by atoms with Crippen molar-refractivity contribution in [2.75, 3.05) is 13.7 Å². The maximum absolute atomic E-state index is 14.9. The molecule has 0 aliphatic carbocycles. The number of rotatable bonds is 4. The van der Waals surface area contributed by atoms with Gasteiger partial charge in [-0.15, -0.1) is 0 Å². The summed E-state index contributed by atoms with van der Waals surface area (Å²) < 4.78 is 26.2. The molecule has 174 valence electrons. The van der Waals surface area contributed by atoms with E-state index < -0.39 is 5.82 Å². The van der Waals surface area contributed by atoms with E-state index in [1.807, 2.05) is 18.2 Å². The average molecular weight is 481 g/mol. The average Bonchev–Trinajstić information content (AvgIpc) is 2.83. The van der Waals surface area contributed by atoms with Crippen molar-refractivity contribution in [3.05, 3.63) is 80.9 Å². The monoisotopic (exact) mass is 480 g/mol. The number of nitrogens with one attached hydrogen (secondary N) is 1. The molecule has 0 saturated carbocycles. The summed E-state index contributed by atoms with van der Waals surface area (Å²) in [6, 6.07) is 9.93. The van der Waals surface area contributed by atoms with Crippen molar-refractivity contribution >= 4 is 22.5 Å². The number of ether oxygens (including phenoxy) is 2. The zero-order valence-corrected chi connectivity index (χ0v) is 19.4. The van der Waals surface area contributed by atoms with Gasteiger partial charge in [0.05, 0.1) is 29.8 Å². The lowest BCUT2D eigenvalue weighted by atomic mass is 9.88. The van der Waals surface area contributed by atoms with Crippen LogP contribution in [0.3, 0.4) is 0 Å². The summed E-state index contributed by atoms with van der Waals surface area (Å²) in [5, 5.41) is 0.516. The maximum Gasteiger partial charge on any atom is 0.260 e. The molecule has 3 aromatic heterocycles. The minimum absolute atomic E-state index is 0.0258. The number of benzene rings is 1. The molecule has 1 aliphatic rings. The molecule has 0 spiro atoms. The molecule has 5 rings (SSSR count). The molecular weight excluding hydrogens is 459 g/mol. The number of aromatic amines is 1. The predicted molar refractivity (Wildman–Crippen MR) is 127 cm³/mol. The molecule has 0 bridgehead atoms. The molecule has 0 radical (unpaired) electrons. The van der Waals surface area contributed by atoms with Gasteiger partial charge in [-0.25, -0.2) is 14.4 Å². The van der Waals surface area contributed by atoms with Crippen LogP contribution in [-0.4, -0.2) is 33.7 Å². The van der Waals surface area contributed by atoms with Crippen molar-refractivity contribution in [2.45, 2.75) is 31.8 Å². The predicted octanol–water partition coefficient (Wildman–Crippen LogP) is 5.12. The van der Waals surface area contributed by atoms with Gasteiger partial charge in [0.2, 0.25) is 5.88 Å². The van der Waals surface area contributed by atoms with Crippen molar-refractivity contribution < 1.29 is 13.9 Å². The Morgan fingerprint density at radius 3 is 2.85 bits per heavy atom. The smallest absolute Gasteiger partial charge is 0.260 e. The molecule has 0 unspecified atom stereocenters. The van der Waals surface area contributed by atoms with Crippen LogP contribution >= 0.6 is 11.6 Å². The van der Waals surface area contributed by atoms with Gasteiger partial charge < -0.3 is 14.5 Å². The molecule has 1 aromatic carbocycles. The van der Waals surface area contributed by atoms with Crippen molar-refractivity contribution in [3.8, 4) is 17.1 Å². The second-order valence-corrected chi connectivity index (χ2v) is 8.71. The first-order valence-electron chi connectivity index (χ1n) is 10.9. The fourth-order valence-electron chi connectivity index (χ4n) is 4.42. The fourth-order valence-corrected chi connectivity index (χ4v) is 4.58. The number of hydrogen-bond acceptors (Lipinski definition) is 6. The van der Waals surface area contributed by atoms with E-state index >= 15 is 0 Å². The first kappa shape index (κ1) is 22.4. The quantitative estimate of drug-likeness (QED) is 0.435. The summed E-state index contributed by atoms with van der Waals surface area (Å²) in [5.41, 5.74) is 2.28. The number of halogens is 2. The van der Waals surface area contributed by atoms with Crippen LogP contribution in [0.4, 0.5) is 4.39 Å². The summed E-state index contributed by atoms with van der Waals surface area (Å²) in [5.74, 6) is 0.474. The molecule has 0 amide bonds. The zero-order valence-electron chi connectivity index (χ0n) is 18.6. The third-order valence-electron chi connectivity index (χ3n) is 6.06. The molecule has 4 heterocycles. The summed E-state index contributed by atoms with van der Waals surface area (Å²) in [6.07, 6.45) is 2.92. The Balaban J connectivity index is 1.61. The molecular formula is C25H22ClFN4O3. The number of aryl methyl sites for hydroxylation is 1. The van der Waals surface area contributed by atoms with Crippen LogP contribution in [0.5, 0.6) is 5.88 Å². The number of hydrogen-bond donors (Lipinski definition) is 1. The Hall–Kier alpha value is -3.36. The Morgan fingerprint density at radius 1 is 1.21 bits per heavy atom. The minimum atomic E-state index is -0.549. The fraction of sp³-hybridized carbons (Fsp3) is 0.280. The lowest BCUT2D eigenvalue weighted by Gasteiger charge is -2.30. The SMILES string of the molecule is COc1cc([C@@H]2C[C@H](c3cc4nc(C)[nH]c(=O)c4c(-c4ccc(Cl)cc4F)n3)CCO2)ccn1. The van der Waals surface area contributed by atoms with Crippen LogP contribution in [0.15, 0.2) is 47.4 Å². The molecule has 34 heavy (non-hydrogen) atoms. The van der Waals surface area contributed by atoms with E-state index in [1.54, 1.807) is 32.4 Å². The van der Waals surface area contributed by atoms with Gasteiger partial charge in [-0.2, -0.15) is 0 Å². The third-order valence-corrected chi connectivity index (χ3v) is 6.29. The van der Waals surface area contributed by atoms with Gasteiger partial charge in [-0.3, -0.25) is 9.78 Å². The van der Waals surface area contributed by atoms with Crippen LogP contribution in [0.1, 0.15) is 41.9 Å². The molecule has 1 fully saturated rings. The Bertz CT molecular complexity index is 1440. The zero-order chi connectivity index (χ0) is 23.8. The van der Waals surface area contributed by atoms with E-state index in [9.17, 15) is 9.18 Å². The molecule has 1 aliphatic heterocycles. The van der Waals surface area contributed by atoms with Gasteiger partial charge >= 0.3 is 0 Å². The number of methoxy groups -OCH3 is 1. The second-order valence-electron chi connectivity index (χ2n) is 8.28. The summed E-state index contributed by atoms with van der Waals surface area (Å²) in [7, 11) is 1.57. The van der Waals surface area contributed by atoms with E-state index in [4.69, 9.17) is 26.1 Å². The number of nitrogens with zero attached hydrogens (tertiary/aromatic N) is 3. The van der Waals surface area contributed by atoms with Crippen molar-refractivity contribution in [2.24, 2.45) is 0 Å². The standard InChI is InChI=1S/C25H22ClFN4O3/c1-13-29-20-12-19(14-6-8-34-21(9-14)15-5-7-28-22(10-15)33-2)31-24(23(20)25(32)30-13)17-4-3-16(26)11-18(17)27/h3-5,7,10-12,14,21H,6,8-9H2,1-2H3,(H,29,30,32)/t14-,21+/m1/s1. The summed E-state index contributed by atoms with van der Waals surface area (Å²) in [4.78, 5) is 29.0. The Labute approximate surface area is 200 Å². The van der Waals surface area contributed by atoms with Crippen LogP contribution in [0.25, 0.3) is 22.2 Å². The third kappa shape index (κ3) is 4.26. The van der Waals surface area contributed by atoms with Crippen molar-refractivity contribution in [1.29, 1.82) is 0 Å². The van der Waals surface area contributed by atoms with Crippen molar-refractivity contribution in [3.63, 3.8) is 0 Å². The summed E-state index contributed by atoms with van der Waals surface area (Å²) >= 11 is 5.96. The number of fused-ring (bicyclic) bond motifs is 1. The van der Waals surface area contributed by atoms with Crippen LogP contribution < -0.4 is 10.3 Å². The summed E-state index contributed by atoms with van der Waals surface area (Å²) in [6.45, 7) is 2.25. The van der Waals surface area contributed by atoms with Gasteiger partial charge in [0.1, 0.15) is 11.6 Å². The number of pyridine rings is 2. The highest BCUT2D eigenvalue weighted by Crippen LogP contribution is 2.39. The Kier molecular flexibility index (Phi) is 6.02.